The number of pyridine rings is 1. The number of hydrogen-bond donors (Lipinski definition) is 1. The highest BCUT2D eigenvalue weighted by atomic mass is 32.2. The van der Waals surface area contributed by atoms with Gasteiger partial charge in [0.25, 0.3) is 0 Å². The molecule has 0 saturated carbocycles. The van der Waals surface area contributed by atoms with Crippen LogP contribution in [0.5, 0.6) is 0 Å². The SMILES string of the molecule is CC(C)CC(=O)NC[C@H](c1cccnc1)S(=O)(=O)c1cccs1. The minimum atomic E-state index is -3.57. The third kappa shape index (κ3) is 4.62. The van der Waals surface area contributed by atoms with Crippen LogP contribution in [0.4, 0.5) is 0 Å². The quantitative estimate of drug-likeness (QED) is 0.831. The van der Waals surface area contributed by atoms with Gasteiger partial charge in [-0.2, -0.15) is 0 Å². The Labute approximate surface area is 140 Å². The monoisotopic (exact) mass is 352 g/mol. The molecule has 7 heteroatoms. The van der Waals surface area contributed by atoms with Crippen LogP contribution < -0.4 is 5.32 Å². The second-order valence-electron chi connectivity index (χ2n) is 5.65. The highest BCUT2D eigenvalue weighted by Gasteiger charge is 2.30. The van der Waals surface area contributed by atoms with Gasteiger partial charge in [-0.1, -0.05) is 26.0 Å². The van der Waals surface area contributed by atoms with Gasteiger partial charge in [0.1, 0.15) is 9.46 Å². The van der Waals surface area contributed by atoms with E-state index < -0.39 is 15.1 Å². The van der Waals surface area contributed by atoms with Crippen molar-refractivity contribution < 1.29 is 13.2 Å². The topological polar surface area (TPSA) is 76.1 Å². The highest BCUT2D eigenvalue weighted by molar-refractivity contribution is 7.93. The summed E-state index contributed by atoms with van der Waals surface area (Å²) in [5, 5.41) is 3.62. The van der Waals surface area contributed by atoms with Gasteiger partial charge in [-0.15, -0.1) is 11.3 Å². The molecule has 2 heterocycles. The molecule has 2 aromatic heterocycles. The summed E-state index contributed by atoms with van der Waals surface area (Å²) >= 11 is 1.18. The van der Waals surface area contributed by atoms with E-state index in [-0.39, 0.29) is 18.4 Å². The van der Waals surface area contributed by atoms with E-state index in [4.69, 9.17) is 0 Å². The molecule has 1 N–H and O–H groups in total. The van der Waals surface area contributed by atoms with Crippen LogP contribution in [0.3, 0.4) is 0 Å². The fourth-order valence-electron chi connectivity index (χ4n) is 2.19. The number of sulfone groups is 1. The minimum absolute atomic E-state index is 0.0392. The Morgan fingerprint density at radius 2 is 2.09 bits per heavy atom. The Hall–Kier alpha value is -1.73. The fourth-order valence-corrected chi connectivity index (χ4v) is 5.04. The summed E-state index contributed by atoms with van der Waals surface area (Å²) in [7, 11) is -3.57. The molecule has 0 aromatic carbocycles. The summed E-state index contributed by atoms with van der Waals surface area (Å²) in [4.78, 5) is 15.9. The second-order valence-corrected chi connectivity index (χ2v) is 8.96. The zero-order valence-corrected chi connectivity index (χ0v) is 14.7. The zero-order valence-electron chi connectivity index (χ0n) is 13.1. The molecule has 2 aromatic rings. The standard InChI is InChI=1S/C16H20N2O3S2/c1-12(2)9-15(19)18-11-14(13-5-3-7-17-10-13)23(20,21)16-6-4-8-22-16/h3-8,10,12,14H,9,11H2,1-2H3,(H,18,19)/t14-/m1/s1. The van der Waals surface area contributed by atoms with Crippen molar-refractivity contribution in [2.75, 3.05) is 6.54 Å². The van der Waals surface area contributed by atoms with E-state index in [0.717, 1.165) is 0 Å². The average molecular weight is 352 g/mol. The van der Waals surface area contributed by atoms with Crippen molar-refractivity contribution in [3.8, 4) is 0 Å². The van der Waals surface area contributed by atoms with Gasteiger partial charge in [-0.25, -0.2) is 8.42 Å². The van der Waals surface area contributed by atoms with E-state index in [1.807, 2.05) is 13.8 Å². The lowest BCUT2D eigenvalue weighted by atomic mass is 10.1. The Bertz CT molecular complexity index is 726. The first-order valence-corrected chi connectivity index (χ1v) is 9.78. The molecule has 1 amide bonds. The normalized spacial score (nSPS) is 13.0. The number of rotatable bonds is 7. The Kier molecular flexibility index (Phi) is 5.90. The predicted octanol–water partition coefficient (Wildman–Crippen LogP) is 2.82. The van der Waals surface area contributed by atoms with Crippen LogP contribution in [0, 0.1) is 5.92 Å². The number of carbonyl (C=O) groups excluding carboxylic acids is 1. The summed E-state index contributed by atoms with van der Waals surface area (Å²) < 4.78 is 26.0. The number of amides is 1. The van der Waals surface area contributed by atoms with Crippen LogP contribution in [-0.4, -0.2) is 25.9 Å². The maximum atomic E-state index is 12.9. The van der Waals surface area contributed by atoms with E-state index in [1.54, 1.807) is 35.8 Å². The number of nitrogens with zero attached hydrogens (tertiary/aromatic N) is 1. The van der Waals surface area contributed by atoms with E-state index >= 15 is 0 Å². The van der Waals surface area contributed by atoms with Gasteiger partial charge in [0, 0.05) is 25.4 Å². The molecular formula is C16H20N2O3S2. The lowest BCUT2D eigenvalue weighted by Crippen LogP contribution is -2.32. The molecule has 124 valence electrons. The average Bonchev–Trinajstić information content (AvgIpc) is 3.02. The maximum absolute atomic E-state index is 12.9. The largest absolute Gasteiger partial charge is 0.354 e. The van der Waals surface area contributed by atoms with Crippen LogP contribution in [0.2, 0.25) is 0 Å². The fraction of sp³-hybridized carbons (Fsp3) is 0.375. The molecule has 0 aliphatic heterocycles. The summed E-state index contributed by atoms with van der Waals surface area (Å²) in [5.41, 5.74) is 0.575. The Balaban J connectivity index is 2.25. The van der Waals surface area contributed by atoms with Crippen LogP contribution in [0.1, 0.15) is 31.1 Å². The third-order valence-electron chi connectivity index (χ3n) is 3.28. The van der Waals surface area contributed by atoms with Gasteiger partial charge in [0.2, 0.25) is 5.91 Å². The lowest BCUT2D eigenvalue weighted by molar-refractivity contribution is -0.121. The van der Waals surface area contributed by atoms with Gasteiger partial charge >= 0.3 is 0 Å². The molecule has 0 unspecified atom stereocenters. The Morgan fingerprint density at radius 1 is 1.30 bits per heavy atom. The highest BCUT2D eigenvalue weighted by Crippen LogP contribution is 2.30. The number of aromatic nitrogens is 1. The van der Waals surface area contributed by atoms with Crippen molar-refractivity contribution >= 4 is 27.1 Å². The molecule has 0 spiro atoms. The van der Waals surface area contributed by atoms with Crippen molar-refractivity contribution in [1.29, 1.82) is 0 Å². The van der Waals surface area contributed by atoms with Gasteiger partial charge in [0.05, 0.1) is 0 Å². The van der Waals surface area contributed by atoms with Crippen LogP contribution >= 0.6 is 11.3 Å². The second kappa shape index (κ2) is 7.70. The Morgan fingerprint density at radius 3 is 2.65 bits per heavy atom. The molecular weight excluding hydrogens is 332 g/mol. The van der Waals surface area contributed by atoms with E-state index in [0.29, 0.717) is 16.2 Å². The summed E-state index contributed by atoms with van der Waals surface area (Å²) in [6, 6.07) is 6.70. The predicted molar refractivity (Wildman–Crippen MR) is 90.9 cm³/mol. The number of carbonyl (C=O) groups is 1. The first kappa shape index (κ1) is 17.6. The summed E-state index contributed by atoms with van der Waals surface area (Å²) in [5.74, 6) is 0.0796. The van der Waals surface area contributed by atoms with Crippen LogP contribution in [0.25, 0.3) is 0 Å². The summed E-state index contributed by atoms with van der Waals surface area (Å²) in [6.45, 7) is 3.93. The van der Waals surface area contributed by atoms with Gasteiger partial charge in [-0.05, 0) is 29.0 Å². The molecule has 1 atom stereocenters. The van der Waals surface area contributed by atoms with Gasteiger partial charge in [0.15, 0.2) is 9.84 Å². The molecule has 0 fully saturated rings. The molecule has 0 radical (unpaired) electrons. The van der Waals surface area contributed by atoms with Crippen LogP contribution in [0.15, 0.2) is 46.2 Å². The van der Waals surface area contributed by atoms with Crippen molar-refractivity contribution in [2.45, 2.75) is 29.7 Å². The first-order valence-electron chi connectivity index (χ1n) is 7.35. The summed E-state index contributed by atoms with van der Waals surface area (Å²) in [6.07, 6.45) is 3.50. The minimum Gasteiger partial charge on any atom is -0.354 e. The smallest absolute Gasteiger partial charge is 0.220 e. The van der Waals surface area contributed by atoms with E-state index in [9.17, 15) is 13.2 Å². The molecule has 0 aliphatic carbocycles. The van der Waals surface area contributed by atoms with Crippen LogP contribution in [-0.2, 0) is 14.6 Å². The van der Waals surface area contributed by atoms with Crippen molar-refractivity contribution in [1.82, 2.24) is 10.3 Å². The van der Waals surface area contributed by atoms with E-state index in [1.165, 1.54) is 17.5 Å². The molecule has 5 nitrogen and oxygen atoms in total. The number of nitrogens with one attached hydrogen (secondary N) is 1. The van der Waals surface area contributed by atoms with Gasteiger partial charge in [-0.3, -0.25) is 9.78 Å². The van der Waals surface area contributed by atoms with Crippen molar-refractivity contribution in [2.24, 2.45) is 5.92 Å². The number of thiophene rings is 1. The molecule has 23 heavy (non-hydrogen) atoms. The van der Waals surface area contributed by atoms with Crippen molar-refractivity contribution in [3.63, 3.8) is 0 Å². The number of hydrogen-bond acceptors (Lipinski definition) is 5. The van der Waals surface area contributed by atoms with E-state index in [2.05, 4.69) is 10.3 Å². The zero-order chi connectivity index (χ0) is 16.9. The third-order valence-corrected chi connectivity index (χ3v) is 6.82. The van der Waals surface area contributed by atoms with Crippen molar-refractivity contribution in [3.05, 3.63) is 47.6 Å². The van der Waals surface area contributed by atoms with Gasteiger partial charge < -0.3 is 5.32 Å². The maximum Gasteiger partial charge on any atom is 0.220 e. The molecule has 0 bridgehead atoms. The molecule has 0 saturated heterocycles. The first-order chi connectivity index (χ1) is 10.9. The lowest BCUT2D eigenvalue weighted by Gasteiger charge is -2.18. The molecule has 2 rings (SSSR count). The molecule has 0 aliphatic rings.